The average Bonchev–Trinajstić information content (AvgIpc) is 2.68. The lowest BCUT2D eigenvalue weighted by molar-refractivity contribution is -0.135. The summed E-state index contributed by atoms with van der Waals surface area (Å²) in [5.41, 5.74) is 6.94. The van der Waals surface area contributed by atoms with E-state index in [1.54, 1.807) is 4.90 Å². The van der Waals surface area contributed by atoms with Crippen molar-refractivity contribution in [1.82, 2.24) is 9.21 Å². The molecule has 8 heteroatoms. The first kappa shape index (κ1) is 19.3. The second-order valence-corrected chi connectivity index (χ2v) is 8.91. The van der Waals surface area contributed by atoms with Crippen LogP contribution in [-0.2, 0) is 25.3 Å². The van der Waals surface area contributed by atoms with Gasteiger partial charge in [0.1, 0.15) is 0 Å². The van der Waals surface area contributed by atoms with Gasteiger partial charge in [0.2, 0.25) is 15.9 Å². The topological polar surface area (TPSA) is 92.9 Å². The molecule has 1 unspecified atom stereocenters. The Balaban J connectivity index is 1.54. The minimum Gasteiger partial charge on any atom is -0.381 e. The third kappa shape index (κ3) is 4.62. The van der Waals surface area contributed by atoms with Crippen LogP contribution in [0.5, 0.6) is 0 Å². The fourth-order valence-electron chi connectivity index (χ4n) is 3.55. The molecule has 0 saturated carbocycles. The summed E-state index contributed by atoms with van der Waals surface area (Å²) in [6, 6.07) is 8.63. The number of nitrogens with zero attached hydrogens (tertiary/aromatic N) is 2. The summed E-state index contributed by atoms with van der Waals surface area (Å²) in [4.78, 5) is 14.3. The first-order chi connectivity index (χ1) is 12.5. The van der Waals surface area contributed by atoms with Crippen LogP contribution in [0.15, 0.2) is 30.3 Å². The Hall–Kier alpha value is -1.48. The van der Waals surface area contributed by atoms with Crippen LogP contribution in [0.3, 0.4) is 0 Å². The van der Waals surface area contributed by atoms with Gasteiger partial charge in [-0.15, -0.1) is 0 Å². The SMILES string of the molecule is NC(C(=O)N1CCN(S(=O)(=O)Cc2ccccc2)CC1)C1CCOCC1. The molecule has 2 N–H and O–H groups in total. The van der Waals surface area contributed by atoms with Crippen LogP contribution in [0.25, 0.3) is 0 Å². The van der Waals surface area contributed by atoms with Crippen LogP contribution >= 0.6 is 0 Å². The maximum atomic E-state index is 12.6. The molecule has 0 bridgehead atoms. The second-order valence-electron chi connectivity index (χ2n) is 6.94. The van der Waals surface area contributed by atoms with Gasteiger partial charge in [0.25, 0.3) is 0 Å². The number of benzene rings is 1. The number of sulfonamides is 1. The minimum absolute atomic E-state index is 0.0105. The van der Waals surface area contributed by atoms with Gasteiger partial charge in [-0.1, -0.05) is 30.3 Å². The molecule has 1 atom stereocenters. The number of nitrogens with two attached hydrogens (primary N) is 1. The molecule has 0 aromatic heterocycles. The summed E-state index contributed by atoms with van der Waals surface area (Å²) in [6.45, 7) is 2.73. The minimum atomic E-state index is -3.38. The molecular formula is C18H27N3O4S. The number of hydrogen-bond donors (Lipinski definition) is 1. The lowest BCUT2D eigenvalue weighted by Crippen LogP contribution is -2.56. The van der Waals surface area contributed by atoms with Gasteiger partial charge in [-0.05, 0) is 24.3 Å². The lowest BCUT2D eigenvalue weighted by atomic mass is 9.91. The highest BCUT2D eigenvalue weighted by Gasteiger charge is 2.33. The zero-order valence-corrected chi connectivity index (χ0v) is 15.7. The Bertz CT molecular complexity index is 696. The van der Waals surface area contributed by atoms with Crippen LogP contribution in [0.1, 0.15) is 18.4 Å². The monoisotopic (exact) mass is 381 g/mol. The molecule has 2 heterocycles. The van der Waals surface area contributed by atoms with Gasteiger partial charge in [-0.3, -0.25) is 4.79 Å². The van der Waals surface area contributed by atoms with Gasteiger partial charge in [0.05, 0.1) is 11.8 Å². The molecule has 1 aromatic rings. The number of carbonyl (C=O) groups excluding carboxylic acids is 1. The predicted molar refractivity (Wildman–Crippen MR) is 98.7 cm³/mol. The highest BCUT2D eigenvalue weighted by molar-refractivity contribution is 7.88. The molecule has 1 amide bonds. The summed E-state index contributed by atoms with van der Waals surface area (Å²) in [5.74, 6) is 0.0664. The zero-order valence-electron chi connectivity index (χ0n) is 14.9. The van der Waals surface area contributed by atoms with E-state index in [0.29, 0.717) is 39.4 Å². The van der Waals surface area contributed by atoms with E-state index in [-0.39, 0.29) is 17.6 Å². The zero-order chi connectivity index (χ0) is 18.6. The van der Waals surface area contributed by atoms with Crippen LogP contribution in [0, 0.1) is 5.92 Å². The summed E-state index contributed by atoms with van der Waals surface area (Å²) < 4.78 is 32.0. The number of piperazine rings is 1. The van der Waals surface area contributed by atoms with E-state index in [2.05, 4.69) is 0 Å². The smallest absolute Gasteiger partial charge is 0.239 e. The maximum absolute atomic E-state index is 12.6. The van der Waals surface area contributed by atoms with Crippen molar-refractivity contribution in [3.8, 4) is 0 Å². The molecule has 26 heavy (non-hydrogen) atoms. The molecule has 2 aliphatic rings. The van der Waals surface area contributed by atoms with Crippen LogP contribution in [-0.4, -0.2) is 69.0 Å². The predicted octanol–water partition coefficient (Wildman–Crippen LogP) is 0.415. The molecule has 1 aromatic carbocycles. The fourth-order valence-corrected chi connectivity index (χ4v) is 5.07. The van der Waals surface area contributed by atoms with Crippen molar-refractivity contribution in [3.63, 3.8) is 0 Å². The van der Waals surface area contributed by atoms with E-state index in [4.69, 9.17) is 10.5 Å². The summed E-state index contributed by atoms with van der Waals surface area (Å²) in [7, 11) is -3.38. The van der Waals surface area contributed by atoms with Gasteiger partial charge in [-0.2, -0.15) is 4.31 Å². The standard InChI is InChI=1S/C18H27N3O4S/c19-17(16-6-12-25-13-7-16)18(22)20-8-10-21(11-9-20)26(23,24)14-15-4-2-1-3-5-15/h1-5,16-17H,6-14,19H2. The van der Waals surface area contributed by atoms with Crippen molar-refractivity contribution in [2.24, 2.45) is 11.7 Å². The highest BCUT2D eigenvalue weighted by atomic mass is 32.2. The van der Waals surface area contributed by atoms with Crippen molar-refractivity contribution < 1.29 is 17.9 Å². The van der Waals surface area contributed by atoms with E-state index in [1.807, 2.05) is 30.3 Å². The average molecular weight is 381 g/mol. The van der Waals surface area contributed by atoms with Gasteiger partial charge in [0.15, 0.2) is 0 Å². The normalized spacial score (nSPS) is 21.5. The van der Waals surface area contributed by atoms with Crippen molar-refractivity contribution in [1.29, 1.82) is 0 Å². The molecular weight excluding hydrogens is 354 g/mol. The molecule has 3 rings (SSSR count). The molecule has 2 fully saturated rings. The Labute approximate surface area is 155 Å². The molecule has 0 radical (unpaired) electrons. The van der Waals surface area contributed by atoms with Gasteiger partial charge < -0.3 is 15.4 Å². The summed E-state index contributed by atoms with van der Waals surface area (Å²) >= 11 is 0. The van der Waals surface area contributed by atoms with E-state index < -0.39 is 16.1 Å². The van der Waals surface area contributed by atoms with Crippen LogP contribution in [0.4, 0.5) is 0 Å². The van der Waals surface area contributed by atoms with Gasteiger partial charge >= 0.3 is 0 Å². The molecule has 0 spiro atoms. The molecule has 7 nitrogen and oxygen atoms in total. The lowest BCUT2D eigenvalue weighted by Gasteiger charge is -2.37. The third-order valence-corrected chi connectivity index (χ3v) is 7.04. The van der Waals surface area contributed by atoms with Crippen LogP contribution < -0.4 is 5.73 Å². The molecule has 2 aliphatic heterocycles. The van der Waals surface area contributed by atoms with Crippen molar-refractivity contribution in [2.75, 3.05) is 39.4 Å². The van der Waals surface area contributed by atoms with Crippen LogP contribution in [0.2, 0.25) is 0 Å². The molecule has 144 valence electrons. The van der Waals surface area contributed by atoms with Gasteiger partial charge in [0, 0.05) is 39.4 Å². The van der Waals surface area contributed by atoms with Crippen molar-refractivity contribution in [2.45, 2.75) is 24.6 Å². The Morgan fingerprint density at radius 3 is 2.35 bits per heavy atom. The Morgan fingerprint density at radius 2 is 1.73 bits per heavy atom. The van der Waals surface area contributed by atoms with Gasteiger partial charge in [-0.25, -0.2) is 8.42 Å². The van der Waals surface area contributed by atoms with Crippen molar-refractivity contribution >= 4 is 15.9 Å². The second kappa shape index (κ2) is 8.47. The maximum Gasteiger partial charge on any atom is 0.239 e. The largest absolute Gasteiger partial charge is 0.381 e. The molecule has 2 saturated heterocycles. The number of carbonyl (C=O) groups is 1. The van der Waals surface area contributed by atoms with E-state index in [0.717, 1.165) is 18.4 Å². The van der Waals surface area contributed by atoms with Crippen molar-refractivity contribution in [3.05, 3.63) is 35.9 Å². The number of amides is 1. The van der Waals surface area contributed by atoms with E-state index >= 15 is 0 Å². The molecule has 0 aliphatic carbocycles. The Morgan fingerprint density at radius 1 is 1.12 bits per heavy atom. The Kier molecular flexibility index (Phi) is 6.29. The summed E-state index contributed by atoms with van der Waals surface area (Å²) in [6.07, 6.45) is 1.61. The van der Waals surface area contributed by atoms with E-state index in [1.165, 1.54) is 4.31 Å². The quantitative estimate of drug-likeness (QED) is 0.798. The summed E-state index contributed by atoms with van der Waals surface area (Å²) in [5, 5.41) is 0. The number of rotatable bonds is 5. The number of hydrogen-bond acceptors (Lipinski definition) is 5. The fraction of sp³-hybridized carbons (Fsp3) is 0.611. The highest BCUT2D eigenvalue weighted by Crippen LogP contribution is 2.20. The van der Waals surface area contributed by atoms with E-state index in [9.17, 15) is 13.2 Å². The third-order valence-electron chi connectivity index (χ3n) is 5.19. The number of ether oxygens (including phenoxy) is 1. The first-order valence-corrected chi connectivity index (χ1v) is 10.7. The first-order valence-electron chi connectivity index (χ1n) is 9.11.